The number of pyridine rings is 2. The number of rotatable bonds is 2. The molecule has 5 nitrogen and oxygen atoms in total. The Morgan fingerprint density at radius 1 is 1.12 bits per heavy atom. The Morgan fingerprint density at radius 2 is 2.06 bits per heavy atom. The maximum atomic E-state index is 5.66. The van der Waals surface area contributed by atoms with E-state index in [4.69, 9.17) is 5.73 Å². The van der Waals surface area contributed by atoms with Crippen LogP contribution >= 0.6 is 0 Å². The standard InChI is InChI=1S/C12H11N5/c13-8-9-4-3-6-11-15-12(16-17(9)11)10-5-1-2-7-14-10/h1-7H,8,13H2. The highest BCUT2D eigenvalue weighted by molar-refractivity contribution is 5.53. The third kappa shape index (κ3) is 1.66. The molecule has 0 radical (unpaired) electrons. The van der Waals surface area contributed by atoms with Gasteiger partial charge in [-0.25, -0.2) is 9.50 Å². The Balaban J connectivity index is 2.20. The first kappa shape index (κ1) is 9.92. The van der Waals surface area contributed by atoms with Crippen molar-refractivity contribution in [1.29, 1.82) is 0 Å². The lowest BCUT2D eigenvalue weighted by atomic mass is 10.3. The maximum Gasteiger partial charge on any atom is 0.200 e. The van der Waals surface area contributed by atoms with Gasteiger partial charge in [-0.05, 0) is 24.3 Å². The molecule has 17 heavy (non-hydrogen) atoms. The van der Waals surface area contributed by atoms with E-state index in [9.17, 15) is 0 Å². The second-order valence-corrected chi connectivity index (χ2v) is 3.64. The van der Waals surface area contributed by atoms with Gasteiger partial charge in [-0.1, -0.05) is 12.1 Å². The smallest absolute Gasteiger partial charge is 0.200 e. The summed E-state index contributed by atoms with van der Waals surface area (Å²) in [5.41, 5.74) is 8.14. The molecule has 0 unspecified atom stereocenters. The van der Waals surface area contributed by atoms with Crippen LogP contribution in [-0.2, 0) is 6.54 Å². The van der Waals surface area contributed by atoms with Crippen LogP contribution in [0.15, 0.2) is 42.6 Å². The summed E-state index contributed by atoms with van der Waals surface area (Å²) in [6.45, 7) is 0.433. The van der Waals surface area contributed by atoms with E-state index in [2.05, 4.69) is 15.1 Å². The third-order valence-electron chi connectivity index (χ3n) is 2.54. The SMILES string of the molecule is NCc1cccc2nc(-c3ccccn3)nn12. The second kappa shape index (κ2) is 3.95. The molecule has 3 aromatic rings. The largest absolute Gasteiger partial charge is 0.325 e. The molecule has 0 fully saturated rings. The summed E-state index contributed by atoms with van der Waals surface area (Å²) >= 11 is 0. The van der Waals surface area contributed by atoms with Crippen LogP contribution in [0.3, 0.4) is 0 Å². The fraction of sp³-hybridized carbons (Fsp3) is 0.0833. The van der Waals surface area contributed by atoms with Gasteiger partial charge in [0.2, 0.25) is 5.82 Å². The molecule has 3 aromatic heterocycles. The minimum Gasteiger partial charge on any atom is -0.325 e. The first-order valence-electron chi connectivity index (χ1n) is 5.34. The molecule has 3 rings (SSSR count). The highest BCUT2D eigenvalue weighted by Crippen LogP contribution is 2.14. The molecule has 3 heterocycles. The lowest BCUT2D eigenvalue weighted by Gasteiger charge is -1.98. The molecule has 5 heteroatoms. The Morgan fingerprint density at radius 3 is 2.82 bits per heavy atom. The summed E-state index contributed by atoms with van der Waals surface area (Å²) in [5.74, 6) is 0.617. The first-order valence-corrected chi connectivity index (χ1v) is 5.34. The van der Waals surface area contributed by atoms with Crippen molar-refractivity contribution in [3.63, 3.8) is 0 Å². The van der Waals surface area contributed by atoms with Gasteiger partial charge in [0.1, 0.15) is 5.69 Å². The van der Waals surface area contributed by atoms with Gasteiger partial charge in [0, 0.05) is 12.7 Å². The van der Waals surface area contributed by atoms with E-state index in [-0.39, 0.29) is 0 Å². The summed E-state index contributed by atoms with van der Waals surface area (Å²) in [6, 6.07) is 11.4. The molecule has 84 valence electrons. The Kier molecular flexibility index (Phi) is 2.31. The van der Waals surface area contributed by atoms with Crippen LogP contribution in [0.1, 0.15) is 5.69 Å². The summed E-state index contributed by atoms with van der Waals surface area (Å²) in [5, 5.41) is 4.42. The van der Waals surface area contributed by atoms with Crippen LogP contribution in [0.2, 0.25) is 0 Å². The number of hydrogen-bond acceptors (Lipinski definition) is 4. The van der Waals surface area contributed by atoms with Crippen molar-refractivity contribution in [2.75, 3.05) is 0 Å². The van der Waals surface area contributed by atoms with E-state index in [0.717, 1.165) is 17.0 Å². The molecule has 0 aliphatic heterocycles. The van der Waals surface area contributed by atoms with Crippen LogP contribution < -0.4 is 5.73 Å². The number of nitrogens with two attached hydrogens (primary N) is 1. The van der Waals surface area contributed by atoms with Crippen LogP contribution in [0.4, 0.5) is 0 Å². The highest BCUT2D eigenvalue weighted by atomic mass is 15.3. The molecule has 0 aromatic carbocycles. The molecule has 0 spiro atoms. The van der Waals surface area contributed by atoms with Crippen molar-refractivity contribution in [1.82, 2.24) is 19.6 Å². The quantitative estimate of drug-likeness (QED) is 0.712. The summed E-state index contributed by atoms with van der Waals surface area (Å²) < 4.78 is 1.75. The maximum absolute atomic E-state index is 5.66. The second-order valence-electron chi connectivity index (χ2n) is 3.64. The molecule has 0 saturated heterocycles. The van der Waals surface area contributed by atoms with Gasteiger partial charge in [0.25, 0.3) is 0 Å². The molecule has 0 aliphatic carbocycles. The highest BCUT2D eigenvalue weighted by Gasteiger charge is 2.08. The predicted octanol–water partition coefficient (Wildman–Crippen LogP) is 1.25. The minimum atomic E-state index is 0.433. The number of hydrogen-bond donors (Lipinski definition) is 1. The van der Waals surface area contributed by atoms with Gasteiger partial charge < -0.3 is 5.73 Å². The molecule has 0 aliphatic rings. The van der Waals surface area contributed by atoms with Crippen molar-refractivity contribution in [3.05, 3.63) is 48.3 Å². The normalized spacial score (nSPS) is 10.9. The molecule has 0 amide bonds. The zero-order chi connectivity index (χ0) is 11.7. The average Bonchev–Trinajstić information content (AvgIpc) is 2.83. The molecule has 0 saturated carbocycles. The lowest BCUT2D eigenvalue weighted by molar-refractivity contribution is 0.851. The van der Waals surface area contributed by atoms with E-state index in [1.165, 1.54) is 0 Å². The third-order valence-corrected chi connectivity index (χ3v) is 2.54. The van der Waals surface area contributed by atoms with Crippen LogP contribution in [0.5, 0.6) is 0 Å². The molecule has 2 N–H and O–H groups in total. The van der Waals surface area contributed by atoms with Crippen molar-refractivity contribution in [3.8, 4) is 11.5 Å². The van der Waals surface area contributed by atoms with Crippen molar-refractivity contribution in [2.45, 2.75) is 6.54 Å². The Hall–Kier alpha value is -2.27. The van der Waals surface area contributed by atoms with Gasteiger partial charge >= 0.3 is 0 Å². The number of aromatic nitrogens is 4. The van der Waals surface area contributed by atoms with Crippen molar-refractivity contribution in [2.24, 2.45) is 5.73 Å². The van der Waals surface area contributed by atoms with Gasteiger partial charge in [-0.3, -0.25) is 4.98 Å². The molecular formula is C12H11N5. The van der Waals surface area contributed by atoms with E-state index in [1.807, 2.05) is 36.4 Å². The fourth-order valence-corrected chi connectivity index (χ4v) is 1.72. The number of fused-ring (bicyclic) bond motifs is 1. The van der Waals surface area contributed by atoms with E-state index in [1.54, 1.807) is 10.7 Å². The fourth-order valence-electron chi connectivity index (χ4n) is 1.72. The first-order chi connectivity index (χ1) is 8.38. The van der Waals surface area contributed by atoms with Crippen LogP contribution in [-0.4, -0.2) is 19.6 Å². The van der Waals surface area contributed by atoms with Crippen LogP contribution in [0.25, 0.3) is 17.2 Å². The van der Waals surface area contributed by atoms with Crippen LogP contribution in [0, 0.1) is 0 Å². The summed E-state index contributed by atoms with van der Waals surface area (Å²) in [4.78, 5) is 8.66. The van der Waals surface area contributed by atoms with Crippen molar-refractivity contribution >= 4 is 5.65 Å². The van der Waals surface area contributed by atoms with E-state index in [0.29, 0.717) is 12.4 Å². The monoisotopic (exact) mass is 225 g/mol. The average molecular weight is 225 g/mol. The lowest BCUT2D eigenvalue weighted by Crippen LogP contribution is -2.04. The van der Waals surface area contributed by atoms with Gasteiger partial charge in [0.05, 0.1) is 5.69 Å². The van der Waals surface area contributed by atoms with Gasteiger partial charge in [-0.2, -0.15) is 0 Å². The number of nitrogens with zero attached hydrogens (tertiary/aromatic N) is 4. The predicted molar refractivity (Wildman–Crippen MR) is 64.1 cm³/mol. The molecular weight excluding hydrogens is 214 g/mol. The Bertz CT molecular complexity index is 644. The zero-order valence-electron chi connectivity index (χ0n) is 9.11. The molecule has 0 atom stereocenters. The van der Waals surface area contributed by atoms with Gasteiger partial charge in [0.15, 0.2) is 5.65 Å². The zero-order valence-corrected chi connectivity index (χ0v) is 9.11. The van der Waals surface area contributed by atoms with E-state index >= 15 is 0 Å². The molecule has 0 bridgehead atoms. The van der Waals surface area contributed by atoms with Crippen molar-refractivity contribution < 1.29 is 0 Å². The van der Waals surface area contributed by atoms with Gasteiger partial charge in [-0.15, -0.1) is 5.10 Å². The Labute approximate surface area is 97.9 Å². The summed E-state index contributed by atoms with van der Waals surface area (Å²) in [7, 11) is 0. The summed E-state index contributed by atoms with van der Waals surface area (Å²) in [6.07, 6.45) is 1.73. The van der Waals surface area contributed by atoms with E-state index < -0.39 is 0 Å². The topological polar surface area (TPSA) is 69.1 Å². The minimum absolute atomic E-state index is 0.433.